The summed E-state index contributed by atoms with van der Waals surface area (Å²) in [6.07, 6.45) is 4.72. The molecular weight excluding hydrogens is 266 g/mol. The lowest BCUT2D eigenvalue weighted by molar-refractivity contribution is -0.117. The smallest absolute Gasteiger partial charge is 0.262 e. The van der Waals surface area contributed by atoms with Gasteiger partial charge in [0, 0.05) is 18.9 Å². The summed E-state index contributed by atoms with van der Waals surface area (Å²) in [4.78, 5) is 15.9. The third kappa shape index (κ3) is 4.18. The van der Waals surface area contributed by atoms with E-state index >= 15 is 0 Å². The quantitative estimate of drug-likeness (QED) is 0.662. The summed E-state index contributed by atoms with van der Waals surface area (Å²) in [7, 11) is 0. The third-order valence-corrected chi connectivity index (χ3v) is 2.72. The van der Waals surface area contributed by atoms with E-state index in [1.165, 1.54) is 18.2 Å². The zero-order valence-corrected chi connectivity index (χ0v) is 11.2. The van der Waals surface area contributed by atoms with Crippen molar-refractivity contribution in [2.45, 2.75) is 6.54 Å². The lowest BCUT2D eigenvalue weighted by atomic mass is 10.1. The molecule has 0 fully saturated rings. The van der Waals surface area contributed by atoms with Gasteiger partial charge in [-0.2, -0.15) is 5.26 Å². The summed E-state index contributed by atoms with van der Waals surface area (Å²) in [5.41, 5.74) is 1.41. The van der Waals surface area contributed by atoms with Crippen LogP contribution in [-0.4, -0.2) is 16.0 Å². The Morgan fingerprint density at radius 1 is 1.38 bits per heavy atom. The van der Waals surface area contributed by atoms with E-state index in [1.54, 1.807) is 30.6 Å². The Hall–Kier alpha value is -3.13. The molecule has 0 radical (unpaired) electrons. The number of aromatic nitrogens is 1. The van der Waals surface area contributed by atoms with E-state index in [0.717, 1.165) is 5.56 Å². The largest absolute Gasteiger partial charge is 0.508 e. The highest BCUT2D eigenvalue weighted by molar-refractivity contribution is 6.01. The Morgan fingerprint density at radius 2 is 2.24 bits per heavy atom. The van der Waals surface area contributed by atoms with E-state index in [-0.39, 0.29) is 11.3 Å². The van der Waals surface area contributed by atoms with Crippen LogP contribution in [0, 0.1) is 11.3 Å². The number of benzene rings is 1. The number of rotatable bonds is 4. The standard InChI is InChI=1S/C16H13N3O2/c17-9-14(7-12-3-1-5-15(20)8-12)16(21)19-11-13-4-2-6-18-10-13/h1-8,10,20H,11H2,(H,19,21)/b14-7+. The van der Waals surface area contributed by atoms with Gasteiger partial charge in [-0.05, 0) is 35.4 Å². The topological polar surface area (TPSA) is 86.0 Å². The molecule has 1 aromatic carbocycles. The molecule has 1 heterocycles. The van der Waals surface area contributed by atoms with Crippen molar-refractivity contribution < 1.29 is 9.90 Å². The highest BCUT2D eigenvalue weighted by atomic mass is 16.3. The average Bonchev–Trinajstić information content (AvgIpc) is 2.51. The van der Waals surface area contributed by atoms with Crippen LogP contribution in [0.15, 0.2) is 54.4 Å². The van der Waals surface area contributed by atoms with Crippen LogP contribution >= 0.6 is 0 Å². The minimum Gasteiger partial charge on any atom is -0.508 e. The maximum absolute atomic E-state index is 12.0. The van der Waals surface area contributed by atoms with Crippen molar-refractivity contribution in [1.82, 2.24) is 10.3 Å². The van der Waals surface area contributed by atoms with Gasteiger partial charge in [0.2, 0.25) is 0 Å². The molecule has 0 bridgehead atoms. The molecule has 0 aliphatic rings. The number of nitrogens with zero attached hydrogens (tertiary/aromatic N) is 2. The summed E-state index contributed by atoms with van der Waals surface area (Å²) < 4.78 is 0. The Balaban J connectivity index is 2.07. The molecule has 0 saturated heterocycles. The minimum atomic E-state index is -0.468. The summed E-state index contributed by atoms with van der Waals surface area (Å²) >= 11 is 0. The molecule has 1 aromatic heterocycles. The van der Waals surface area contributed by atoms with Gasteiger partial charge in [0.25, 0.3) is 5.91 Å². The highest BCUT2D eigenvalue weighted by Crippen LogP contribution is 2.14. The Kier molecular flexibility index (Phi) is 4.67. The van der Waals surface area contributed by atoms with Crippen LogP contribution in [-0.2, 0) is 11.3 Å². The Labute approximate surface area is 122 Å². The number of nitrogens with one attached hydrogen (secondary N) is 1. The molecule has 5 nitrogen and oxygen atoms in total. The van der Waals surface area contributed by atoms with E-state index in [0.29, 0.717) is 12.1 Å². The molecule has 0 aliphatic heterocycles. The maximum atomic E-state index is 12.0. The number of nitriles is 1. The van der Waals surface area contributed by atoms with Crippen LogP contribution in [0.4, 0.5) is 0 Å². The molecule has 2 N–H and O–H groups in total. The van der Waals surface area contributed by atoms with Crippen molar-refractivity contribution in [3.63, 3.8) is 0 Å². The second kappa shape index (κ2) is 6.87. The van der Waals surface area contributed by atoms with Crippen molar-refractivity contribution in [3.05, 3.63) is 65.5 Å². The van der Waals surface area contributed by atoms with Gasteiger partial charge in [-0.15, -0.1) is 0 Å². The first-order valence-electron chi connectivity index (χ1n) is 6.27. The Morgan fingerprint density at radius 3 is 2.90 bits per heavy atom. The average molecular weight is 279 g/mol. The molecular formula is C16H13N3O2. The van der Waals surface area contributed by atoms with Gasteiger partial charge >= 0.3 is 0 Å². The number of phenols is 1. The second-order valence-electron chi connectivity index (χ2n) is 4.31. The normalized spacial score (nSPS) is 10.7. The van der Waals surface area contributed by atoms with Crippen molar-refractivity contribution in [1.29, 1.82) is 5.26 Å². The van der Waals surface area contributed by atoms with E-state index in [2.05, 4.69) is 10.3 Å². The maximum Gasteiger partial charge on any atom is 0.262 e. The summed E-state index contributed by atoms with van der Waals surface area (Å²) in [5, 5.41) is 21.1. The molecule has 2 rings (SSSR count). The molecule has 21 heavy (non-hydrogen) atoms. The number of amides is 1. The number of hydrogen-bond donors (Lipinski definition) is 2. The molecule has 0 spiro atoms. The van der Waals surface area contributed by atoms with Crippen LogP contribution in [0.2, 0.25) is 0 Å². The van der Waals surface area contributed by atoms with Crippen molar-refractivity contribution in [3.8, 4) is 11.8 Å². The van der Waals surface area contributed by atoms with Gasteiger partial charge in [-0.3, -0.25) is 9.78 Å². The predicted molar refractivity (Wildman–Crippen MR) is 77.8 cm³/mol. The van der Waals surface area contributed by atoms with Gasteiger partial charge in [0.15, 0.2) is 0 Å². The van der Waals surface area contributed by atoms with Gasteiger partial charge < -0.3 is 10.4 Å². The number of aromatic hydroxyl groups is 1. The van der Waals surface area contributed by atoms with Crippen LogP contribution in [0.3, 0.4) is 0 Å². The first-order valence-corrected chi connectivity index (χ1v) is 6.27. The predicted octanol–water partition coefficient (Wildman–Crippen LogP) is 2.01. The molecule has 2 aromatic rings. The zero-order chi connectivity index (χ0) is 15.1. The molecule has 0 atom stereocenters. The fourth-order valence-corrected chi connectivity index (χ4v) is 1.71. The fourth-order valence-electron chi connectivity index (χ4n) is 1.71. The number of pyridine rings is 1. The van der Waals surface area contributed by atoms with Gasteiger partial charge in [-0.1, -0.05) is 18.2 Å². The second-order valence-corrected chi connectivity index (χ2v) is 4.31. The first kappa shape index (κ1) is 14.3. The molecule has 0 saturated carbocycles. The highest BCUT2D eigenvalue weighted by Gasteiger charge is 2.08. The Bertz CT molecular complexity index is 703. The molecule has 0 unspecified atom stereocenters. The van der Waals surface area contributed by atoms with Crippen LogP contribution in [0.25, 0.3) is 6.08 Å². The number of phenolic OH excluding ortho intramolecular Hbond substituents is 1. The fraction of sp³-hybridized carbons (Fsp3) is 0.0625. The molecule has 5 heteroatoms. The van der Waals surface area contributed by atoms with Crippen LogP contribution in [0.5, 0.6) is 5.75 Å². The van der Waals surface area contributed by atoms with E-state index < -0.39 is 5.91 Å². The molecule has 1 amide bonds. The SMILES string of the molecule is N#C/C(=C\c1cccc(O)c1)C(=O)NCc1cccnc1. The van der Waals surface area contributed by atoms with Crippen molar-refractivity contribution in [2.24, 2.45) is 0 Å². The van der Waals surface area contributed by atoms with Gasteiger partial charge in [0.05, 0.1) is 0 Å². The van der Waals surface area contributed by atoms with Crippen LogP contribution in [0.1, 0.15) is 11.1 Å². The number of carbonyl (C=O) groups is 1. The lowest BCUT2D eigenvalue weighted by Crippen LogP contribution is -2.23. The van der Waals surface area contributed by atoms with Gasteiger partial charge in [0.1, 0.15) is 17.4 Å². The molecule has 104 valence electrons. The monoisotopic (exact) mass is 279 g/mol. The van der Waals surface area contributed by atoms with E-state index in [1.807, 2.05) is 12.1 Å². The lowest BCUT2D eigenvalue weighted by Gasteiger charge is -2.04. The first-order chi connectivity index (χ1) is 10.2. The van der Waals surface area contributed by atoms with Gasteiger partial charge in [-0.25, -0.2) is 0 Å². The van der Waals surface area contributed by atoms with E-state index in [4.69, 9.17) is 5.26 Å². The van der Waals surface area contributed by atoms with Crippen molar-refractivity contribution >= 4 is 12.0 Å². The summed E-state index contributed by atoms with van der Waals surface area (Å²) in [6.45, 7) is 0.297. The number of hydrogen-bond acceptors (Lipinski definition) is 4. The molecule has 0 aliphatic carbocycles. The minimum absolute atomic E-state index is 0.0236. The number of carbonyl (C=O) groups excluding carboxylic acids is 1. The zero-order valence-electron chi connectivity index (χ0n) is 11.2. The van der Waals surface area contributed by atoms with E-state index in [9.17, 15) is 9.90 Å². The van der Waals surface area contributed by atoms with Crippen LogP contribution < -0.4 is 5.32 Å². The third-order valence-electron chi connectivity index (χ3n) is 2.72. The summed E-state index contributed by atoms with van der Waals surface area (Å²) in [5.74, 6) is -0.387. The van der Waals surface area contributed by atoms with Crippen molar-refractivity contribution in [2.75, 3.05) is 0 Å². The summed E-state index contributed by atoms with van der Waals surface area (Å²) in [6, 6.07) is 11.8.